The van der Waals surface area contributed by atoms with Crippen LogP contribution in [0.5, 0.6) is 0 Å². The zero-order valence-electron chi connectivity index (χ0n) is 11.9. The molecule has 0 aliphatic rings. The summed E-state index contributed by atoms with van der Waals surface area (Å²) in [5.74, 6) is -0.365. The molecular formula is C12H26N2O5. The Hall–Kier alpha value is -0.730. The van der Waals surface area contributed by atoms with Crippen molar-refractivity contribution in [1.82, 2.24) is 5.32 Å². The average Bonchev–Trinajstić information content (AvgIpc) is 2.40. The van der Waals surface area contributed by atoms with Gasteiger partial charge in [0, 0.05) is 13.7 Å². The quantitative estimate of drug-likeness (QED) is 0.402. The number of nitrogens with two attached hydrogens (primary N) is 1. The van der Waals surface area contributed by atoms with Crippen LogP contribution in [-0.2, 0) is 23.7 Å². The van der Waals surface area contributed by atoms with E-state index in [1.807, 2.05) is 0 Å². The van der Waals surface area contributed by atoms with Gasteiger partial charge in [-0.1, -0.05) is 0 Å². The maximum Gasteiger partial charge on any atom is 0.234 e. The summed E-state index contributed by atoms with van der Waals surface area (Å²) in [5, 5.41) is 2.82. The molecular weight excluding hydrogens is 252 g/mol. The van der Waals surface area contributed by atoms with Gasteiger partial charge in [0.25, 0.3) is 0 Å². The van der Waals surface area contributed by atoms with Gasteiger partial charge in [0.05, 0.1) is 45.7 Å². The lowest BCUT2D eigenvalue weighted by atomic mass is 10.2. The minimum atomic E-state index is -0.365. The van der Waals surface area contributed by atoms with Crippen LogP contribution < -0.4 is 11.1 Å². The summed E-state index contributed by atoms with van der Waals surface area (Å²) < 4.78 is 20.7. The van der Waals surface area contributed by atoms with Crippen LogP contribution in [0, 0.1) is 0 Å². The molecule has 0 aromatic rings. The highest BCUT2D eigenvalue weighted by Gasteiger charge is 2.11. The van der Waals surface area contributed by atoms with Crippen molar-refractivity contribution in [1.29, 1.82) is 0 Å². The summed E-state index contributed by atoms with van der Waals surface area (Å²) in [6.45, 7) is 3.73. The molecule has 114 valence electrons. The van der Waals surface area contributed by atoms with Crippen molar-refractivity contribution in [3.05, 3.63) is 0 Å². The fraction of sp³-hybridized carbons (Fsp3) is 0.917. The van der Waals surface area contributed by atoms with Crippen LogP contribution in [0.25, 0.3) is 0 Å². The highest BCUT2D eigenvalue weighted by molar-refractivity contribution is 5.79. The fourth-order valence-electron chi connectivity index (χ4n) is 1.31. The van der Waals surface area contributed by atoms with Gasteiger partial charge in [0.2, 0.25) is 5.91 Å². The summed E-state index contributed by atoms with van der Waals surface area (Å²) in [6, 6.07) is -0.338. The third-order valence-corrected chi connectivity index (χ3v) is 2.42. The molecule has 19 heavy (non-hydrogen) atoms. The predicted molar refractivity (Wildman–Crippen MR) is 71.0 cm³/mol. The Labute approximate surface area is 114 Å². The van der Waals surface area contributed by atoms with E-state index in [4.69, 9.17) is 24.7 Å². The number of hydrogen-bond acceptors (Lipinski definition) is 6. The number of amides is 1. The van der Waals surface area contributed by atoms with Crippen molar-refractivity contribution >= 4 is 5.91 Å². The van der Waals surface area contributed by atoms with E-state index in [2.05, 4.69) is 5.32 Å². The minimum absolute atomic E-state index is 0.338. The second-order valence-corrected chi connectivity index (χ2v) is 3.86. The Morgan fingerprint density at radius 3 is 1.89 bits per heavy atom. The summed E-state index contributed by atoms with van der Waals surface area (Å²) in [6.07, 6.45) is 0.561. The Balaban J connectivity index is 3.16. The van der Waals surface area contributed by atoms with Crippen LogP contribution in [0.2, 0.25) is 0 Å². The summed E-state index contributed by atoms with van der Waals surface area (Å²) in [7, 11) is 3.33. The van der Waals surface area contributed by atoms with Crippen LogP contribution in [0.4, 0.5) is 0 Å². The van der Waals surface area contributed by atoms with Crippen LogP contribution in [-0.4, -0.2) is 72.4 Å². The molecule has 0 bridgehead atoms. The molecule has 3 N–H and O–H groups in total. The molecule has 0 heterocycles. The Morgan fingerprint density at radius 2 is 1.47 bits per heavy atom. The van der Waals surface area contributed by atoms with Gasteiger partial charge in [-0.2, -0.15) is 0 Å². The lowest BCUT2D eigenvalue weighted by Gasteiger charge is -2.12. The topological polar surface area (TPSA) is 92.0 Å². The first kappa shape index (κ1) is 18.3. The smallest absolute Gasteiger partial charge is 0.234 e. The van der Waals surface area contributed by atoms with E-state index in [-0.39, 0.29) is 11.9 Å². The van der Waals surface area contributed by atoms with E-state index in [1.165, 1.54) is 0 Å². The van der Waals surface area contributed by atoms with Crippen LogP contribution in [0.15, 0.2) is 0 Å². The molecule has 1 unspecified atom stereocenters. The van der Waals surface area contributed by atoms with E-state index in [1.54, 1.807) is 14.2 Å². The number of nitrogens with one attached hydrogen (secondary N) is 1. The van der Waals surface area contributed by atoms with Gasteiger partial charge in [0.1, 0.15) is 0 Å². The maximum absolute atomic E-state index is 10.9. The molecule has 0 aromatic carbocycles. The average molecular weight is 278 g/mol. The predicted octanol–water partition coefficient (Wildman–Crippen LogP) is -0.854. The number of likely N-dealkylation sites (N-methyl/N-ethyl adjacent to an activating group) is 1. The van der Waals surface area contributed by atoms with Gasteiger partial charge in [-0.25, -0.2) is 0 Å². The van der Waals surface area contributed by atoms with Crippen molar-refractivity contribution in [3.8, 4) is 0 Å². The maximum atomic E-state index is 10.9. The highest BCUT2D eigenvalue weighted by atomic mass is 16.6. The molecule has 1 amide bonds. The third kappa shape index (κ3) is 12.1. The van der Waals surface area contributed by atoms with E-state index >= 15 is 0 Å². The second kappa shape index (κ2) is 13.7. The van der Waals surface area contributed by atoms with Crippen LogP contribution in [0.3, 0.4) is 0 Å². The first-order valence-electron chi connectivity index (χ1n) is 6.41. The second-order valence-electron chi connectivity index (χ2n) is 3.86. The number of carbonyl (C=O) groups is 1. The zero-order chi connectivity index (χ0) is 14.3. The molecule has 1 atom stereocenters. The van der Waals surface area contributed by atoms with Crippen LogP contribution in [0.1, 0.15) is 6.42 Å². The molecule has 0 fully saturated rings. The van der Waals surface area contributed by atoms with Gasteiger partial charge in [-0.15, -0.1) is 0 Å². The Morgan fingerprint density at radius 1 is 1.00 bits per heavy atom. The molecule has 0 radical (unpaired) electrons. The van der Waals surface area contributed by atoms with Gasteiger partial charge < -0.3 is 30.0 Å². The Bertz CT molecular complexity index is 216. The summed E-state index contributed by atoms with van der Waals surface area (Å²) in [5.41, 5.74) is 5.17. The van der Waals surface area contributed by atoms with Crippen molar-refractivity contribution < 1.29 is 23.7 Å². The monoisotopic (exact) mass is 278 g/mol. The molecule has 0 aromatic heterocycles. The van der Waals surface area contributed by atoms with Crippen LogP contribution >= 0.6 is 0 Å². The van der Waals surface area contributed by atoms with Crippen molar-refractivity contribution in [2.75, 3.05) is 60.4 Å². The van der Waals surface area contributed by atoms with Crippen molar-refractivity contribution in [2.45, 2.75) is 12.5 Å². The van der Waals surface area contributed by atoms with Crippen molar-refractivity contribution in [3.63, 3.8) is 0 Å². The number of methoxy groups -OCH3 is 1. The number of primary amides is 1. The molecule has 7 nitrogen and oxygen atoms in total. The molecule has 0 aliphatic carbocycles. The van der Waals surface area contributed by atoms with Crippen molar-refractivity contribution in [2.24, 2.45) is 5.73 Å². The van der Waals surface area contributed by atoms with Gasteiger partial charge in [-0.3, -0.25) is 4.79 Å². The van der Waals surface area contributed by atoms with Gasteiger partial charge >= 0.3 is 0 Å². The normalized spacial score (nSPS) is 12.5. The molecule has 0 aliphatic heterocycles. The van der Waals surface area contributed by atoms with E-state index in [0.717, 1.165) is 0 Å². The molecule has 7 heteroatoms. The molecule has 0 saturated carbocycles. The fourth-order valence-corrected chi connectivity index (χ4v) is 1.31. The lowest BCUT2D eigenvalue weighted by Crippen LogP contribution is -2.39. The zero-order valence-corrected chi connectivity index (χ0v) is 11.9. The van der Waals surface area contributed by atoms with E-state index < -0.39 is 0 Å². The highest BCUT2D eigenvalue weighted by Crippen LogP contribution is 1.91. The SMILES string of the molecule is CNC(CCOCCOCCOCCOC)C(N)=O. The number of rotatable bonds is 14. The first-order chi connectivity index (χ1) is 9.22. The number of ether oxygens (including phenoxy) is 4. The summed E-state index contributed by atoms with van der Waals surface area (Å²) in [4.78, 5) is 10.9. The molecule has 0 saturated heterocycles. The van der Waals surface area contributed by atoms with Gasteiger partial charge in [-0.05, 0) is 13.5 Å². The molecule has 0 rings (SSSR count). The molecule has 0 spiro atoms. The standard InChI is InChI=1S/C12H26N2O5/c1-14-11(12(13)15)3-4-17-7-8-19-10-9-18-6-5-16-2/h11,14H,3-10H2,1-2H3,(H2,13,15). The number of hydrogen-bond donors (Lipinski definition) is 2. The van der Waals surface area contributed by atoms with Gasteiger partial charge in [0.15, 0.2) is 0 Å². The minimum Gasteiger partial charge on any atom is -0.382 e. The Kier molecular flexibility index (Phi) is 13.2. The third-order valence-electron chi connectivity index (χ3n) is 2.42. The number of carbonyl (C=O) groups excluding carboxylic acids is 1. The van der Waals surface area contributed by atoms with E-state index in [0.29, 0.717) is 52.7 Å². The largest absolute Gasteiger partial charge is 0.382 e. The first-order valence-corrected chi connectivity index (χ1v) is 6.41. The van der Waals surface area contributed by atoms with E-state index in [9.17, 15) is 4.79 Å². The lowest BCUT2D eigenvalue weighted by molar-refractivity contribution is -0.120. The summed E-state index contributed by atoms with van der Waals surface area (Å²) >= 11 is 0.